The molecule has 1 aliphatic heterocycles. The Labute approximate surface area is 112 Å². The van der Waals surface area contributed by atoms with Crippen LogP contribution in [0.25, 0.3) is 0 Å². The van der Waals surface area contributed by atoms with Gasteiger partial charge in [0.25, 0.3) is 0 Å². The van der Waals surface area contributed by atoms with E-state index in [9.17, 15) is 0 Å². The summed E-state index contributed by atoms with van der Waals surface area (Å²) in [4.78, 5) is 0. The lowest BCUT2D eigenvalue weighted by molar-refractivity contribution is 0.285. The maximum Gasteiger partial charge on any atom is 0.234 e. The zero-order valence-corrected chi connectivity index (χ0v) is 11.5. The molecule has 0 fully saturated rings. The minimum Gasteiger partial charge on any atom is -0.131 e. The van der Waals surface area contributed by atoms with Gasteiger partial charge >= 0.3 is 0 Å². The molecule has 0 radical (unpaired) electrons. The molecule has 0 unspecified atom stereocenters. The third kappa shape index (κ3) is 2.07. The predicted molar refractivity (Wildman–Crippen MR) is 62.0 cm³/mol. The van der Waals surface area contributed by atoms with E-state index in [0.29, 0.717) is 0 Å². The zero-order valence-electron chi connectivity index (χ0n) is 7.76. The number of rotatable bonds is 2. The van der Waals surface area contributed by atoms with E-state index in [2.05, 4.69) is 20.7 Å². The number of nitrogens with zero attached hydrogens (tertiary/aromatic N) is 4. The van der Waals surface area contributed by atoms with Crippen molar-refractivity contribution < 1.29 is 0 Å². The normalized spacial score (nSPS) is 20.3. The van der Waals surface area contributed by atoms with Gasteiger partial charge in [0.1, 0.15) is 0 Å². The van der Waals surface area contributed by atoms with Gasteiger partial charge < -0.3 is 0 Å². The number of hydrogen-bond donors (Lipinski definition) is 0. The first kappa shape index (κ1) is 13.7. The molecule has 0 saturated carbocycles. The van der Waals surface area contributed by atoms with Crippen LogP contribution < -0.4 is 0 Å². The molecule has 86 valence electrons. The monoisotopic (exact) mass is 310 g/mol. The molecular formula is C6H7Cl5N4. The Morgan fingerprint density at radius 1 is 0.933 bits per heavy atom. The minimum absolute atomic E-state index is 0.224. The van der Waals surface area contributed by atoms with Gasteiger partial charge in [-0.25, -0.2) is 0 Å². The van der Waals surface area contributed by atoms with Gasteiger partial charge in [-0.05, 0) is 10.4 Å². The molecule has 4 nitrogen and oxygen atoms in total. The van der Waals surface area contributed by atoms with Gasteiger partial charge in [-0.15, -0.1) is 10.2 Å². The minimum atomic E-state index is -1.96. The summed E-state index contributed by atoms with van der Waals surface area (Å²) in [5, 5.41) is 14.3. The molecule has 0 spiro atoms. The van der Waals surface area contributed by atoms with Crippen LogP contribution in [0.15, 0.2) is 20.7 Å². The fourth-order valence-corrected chi connectivity index (χ4v) is 2.13. The van der Waals surface area contributed by atoms with Crippen molar-refractivity contribution in [1.29, 1.82) is 0 Å². The zero-order chi connectivity index (χ0) is 11.9. The molecule has 1 heterocycles. The molecule has 15 heavy (non-hydrogen) atoms. The molecule has 0 aromatic rings. The van der Waals surface area contributed by atoms with Crippen molar-refractivity contribution in [2.45, 2.75) is 27.6 Å². The molecule has 0 aromatic carbocycles. The number of halogens is 5. The molecule has 0 bridgehead atoms. The van der Waals surface area contributed by atoms with Gasteiger partial charge in [0.15, 0.2) is 0 Å². The molecular weight excluding hydrogens is 305 g/mol. The number of hydrogen-bond acceptors (Lipinski definition) is 4. The van der Waals surface area contributed by atoms with Crippen LogP contribution in [0.2, 0.25) is 0 Å². The summed E-state index contributed by atoms with van der Waals surface area (Å²) in [6.45, 7) is 3.55. The molecule has 0 aliphatic carbocycles. The van der Waals surface area contributed by atoms with E-state index in [4.69, 9.17) is 58.0 Å². The van der Waals surface area contributed by atoms with Crippen molar-refractivity contribution in [2.75, 3.05) is 0 Å². The second-order valence-corrected chi connectivity index (χ2v) is 6.94. The molecule has 9 heteroatoms. The molecule has 0 N–H and O–H groups in total. The molecule has 0 amide bonds. The van der Waals surface area contributed by atoms with E-state index >= 15 is 0 Å². The molecule has 0 saturated heterocycles. The van der Waals surface area contributed by atoms with Gasteiger partial charge in [-0.3, -0.25) is 0 Å². The van der Waals surface area contributed by atoms with Crippen LogP contribution in [0, 0.1) is 5.92 Å². The highest BCUT2D eigenvalue weighted by molar-refractivity contribution is 6.75. The highest BCUT2D eigenvalue weighted by atomic mass is 35.6. The molecule has 1 rings (SSSR count). The summed E-state index contributed by atoms with van der Waals surface area (Å²) in [5.41, 5.74) is -1.37. The Morgan fingerprint density at radius 2 is 1.33 bits per heavy atom. The smallest absolute Gasteiger partial charge is 0.131 e. The second-order valence-electron chi connectivity index (χ2n) is 3.33. The summed E-state index contributed by atoms with van der Waals surface area (Å²) >= 11 is 29.2. The predicted octanol–water partition coefficient (Wildman–Crippen LogP) is 4.72. The van der Waals surface area contributed by atoms with Crippen molar-refractivity contribution in [3.8, 4) is 0 Å². The average molecular weight is 312 g/mol. The summed E-state index contributed by atoms with van der Waals surface area (Å²) < 4.78 is -3.80. The van der Waals surface area contributed by atoms with Crippen LogP contribution in [-0.4, -0.2) is 13.8 Å². The van der Waals surface area contributed by atoms with E-state index < -0.39 is 13.8 Å². The van der Waals surface area contributed by atoms with Gasteiger partial charge in [-0.2, -0.15) is 0 Å². The van der Waals surface area contributed by atoms with E-state index in [-0.39, 0.29) is 5.92 Å². The lowest BCUT2D eigenvalue weighted by Gasteiger charge is -2.39. The Bertz CT molecular complexity index is 293. The fraction of sp³-hybridized carbons (Fsp3) is 1.00. The van der Waals surface area contributed by atoms with Crippen LogP contribution >= 0.6 is 58.0 Å². The Balaban J connectivity index is 3.23. The molecule has 1 aliphatic rings. The Hall–Kier alpha value is 0.650. The Morgan fingerprint density at radius 3 is 1.60 bits per heavy atom. The van der Waals surface area contributed by atoms with Crippen molar-refractivity contribution >= 4 is 58.0 Å². The SMILES string of the molecule is CC(C)C1(C(Cl)(Cl)C(Cl)(Cl)Cl)N=NN=N1. The van der Waals surface area contributed by atoms with Crippen LogP contribution in [0.5, 0.6) is 0 Å². The first-order valence-corrected chi connectivity index (χ1v) is 5.83. The third-order valence-electron chi connectivity index (χ3n) is 2.06. The topological polar surface area (TPSA) is 49.4 Å². The average Bonchev–Trinajstić information content (AvgIpc) is 2.50. The van der Waals surface area contributed by atoms with Crippen LogP contribution in [0.1, 0.15) is 13.8 Å². The highest BCUT2D eigenvalue weighted by Crippen LogP contribution is 2.57. The summed E-state index contributed by atoms with van der Waals surface area (Å²) in [7, 11) is 0. The summed E-state index contributed by atoms with van der Waals surface area (Å²) in [6, 6.07) is 0. The summed E-state index contributed by atoms with van der Waals surface area (Å²) in [6.07, 6.45) is 0. The highest BCUT2D eigenvalue weighted by Gasteiger charge is 2.65. The first-order chi connectivity index (χ1) is 6.65. The maximum absolute atomic E-state index is 6.03. The first-order valence-electron chi connectivity index (χ1n) is 3.94. The van der Waals surface area contributed by atoms with Gasteiger partial charge in [0, 0.05) is 5.92 Å². The third-order valence-corrected chi connectivity index (χ3v) is 4.61. The van der Waals surface area contributed by atoms with Crippen molar-refractivity contribution in [3.05, 3.63) is 0 Å². The largest absolute Gasteiger partial charge is 0.234 e. The van der Waals surface area contributed by atoms with Crippen LogP contribution in [0.3, 0.4) is 0 Å². The fourth-order valence-electron chi connectivity index (χ4n) is 1.12. The van der Waals surface area contributed by atoms with E-state index in [0.717, 1.165) is 0 Å². The van der Waals surface area contributed by atoms with Gasteiger partial charge in [0.05, 0.1) is 0 Å². The maximum atomic E-state index is 6.03. The lowest BCUT2D eigenvalue weighted by Crippen LogP contribution is -2.54. The van der Waals surface area contributed by atoms with E-state index in [1.165, 1.54) is 0 Å². The van der Waals surface area contributed by atoms with Gasteiger partial charge in [-0.1, -0.05) is 71.9 Å². The molecule has 0 aromatic heterocycles. The van der Waals surface area contributed by atoms with Crippen molar-refractivity contribution in [2.24, 2.45) is 26.6 Å². The van der Waals surface area contributed by atoms with Crippen LogP contribution in [-0.2, 0) is 0 Å². The van der Waals surface area contributed by atoms with E-state index in [1.807, 2.05) is 0 Å². The summed E-state index contributed by atoms with van der Waals surface area (Å²) in [5.74, 6) is -0.224. The Kier molecular flexibility index (Phi) is 3.79. The van der Waals surface area contributed by atoms with Crippen molar-refractivity contribution in [1.82, 2.24) is 0 Å². The van der Waals surface area contributed by atoms with Crippen molar-refractivity contribution in [3.63, 3.8) is 0 Å². The lowest BCUT2D eigenvalue weighted by atomic mass is 9.94. The quantitative estimate of drug-likeness (QED) is 0.663. The number of alkyl halides is 5. The molecule has 0 atom stereocenters. The second kappa shape index (κ2) is 4.15. The van der Waals surface area contributed by atoms with E-state index in [1.54, 1.807) is 13.8 Å². The van der Waals surface area contributed by atoms with Crippen LogP contribution in [0.4, 0.5) is 0 Å². The van der Waals surface area contributed by atoms with Gasteiger partial charge in [0.2, 0.25) is 13.8 Å². The standard InChI is InChI=1S/C6H7Cl5N4/c1-3(2)4(12-14-15-13-4)5(7,8)6(9,10)11/h3H,1-2H3.